The van der Waals surface area contributed by atoms with Crippen molar-refractivity contribution in [3.05, 3.63) is 83.6 Å². The lowest BCUT2D eigenvalue weighted by Crippen LogP contribution is -2.37. The van der Waals surface area contributed by atoms with Gasteiger partial charge in [0, 0.05) is 19.1 Å². The molecule has 0 radical (unpaired) electrons. The monoisotopic (exact) mass is 515 g/mol. The summed E-state index contributed by atoms with van der Waals surface area (Å²) in [4.78, 5) is 17.9. The van der Waals surface area contributed by atoms with E-state index in [2.05, 4.69) is 10.3 Å². The van der Waals surface area contributed by atoms with Crippen molar-refractivity contribution in [2.24, 2.45) is 0 Å². The number of aromatic nitrogens is 1. The Kier molecular flexibility index (Phi) is 8.68. The number of alkyl halides is 3. The molecule has 198 valence electrons. The molecule has 0 aliphatic carbocycles. The SMILES string of the molecule is CC(C)Nc1ccc(N(CCc2ccc(OC(C)(C)C(=O)O)cc2)Cc2ccc(C(F)(F)F)cc2)nc1. The summed E-state index contributed by atoms with van der Waals surface area (Å²) in [7, 11) is 0. The molecule has 0 aliphatic heterocycles. The van der Waals surface area contributed by atoms with Gasteiger partial charge in [-0.2, -0.15) is 13.2 Å². The number of aliphatic carboxylic acids is 1. The molecule has 2 N–H and O–H groups in total. The molecule has 37 heavy (non-hydrogen) atoms. The van der Waals surface area contributed by atoms with Crippen LogP contribution in [-0.4, -0.2) is 34.2 Å². The lowest BCUT2D eigenvalue weighted by atomic mass is 10.1. The Morgan fingerprint density at radius 1 is 1.00 bits per heavy atom. The number of rotatable bonds is 11. The fourth-order valence-electron chi connectivity index (χ4n) is 3.61. The average Bonchev–Trinajstić information content (AvgIpc) is 2.82. The van der Waals surface area contributed by atoms with E-state index in [1.807, 2.05) is 43.0 Å². The first kappa shape index (κ1) is 27.8. The Labute approximate surface area is 215 Å². The van der Waals surface area contributed by atoms with Gasteiger partial charge in [-0.3, -0.25) is 0 Å². The van der Waals surface area contributed by atoms with Crippen molar-refractivity contribution in [2.75, 3.05) is 16.8 Å². The zero-order valence-corrected chi connectivity index (χ0v) is 21.3. The molecule has 0 bridgehead atoms. The van der Waals surface area contributed by atoms with Crippen LogP contribution < -0.4 is 15.0 Å². The van der Waals surface area contributed by atoms with Crippen LogP contribution in [0.3, 0.4) is 0 Å². The van der Waals surface area contributed by atoms with E-state index in [4.69, 9.17) is 4.74 Å². The molecule has 0 atom stereocenters. The highest BCUT2D eigenvalue weighted by Gasteiger charge is 2.30. The van der Waals surface area contributed by atoms with E-state index in [1.165, 1.54) is 26.0 Å². The third kappa shape index (κ3) is 8.13. The Bertz CT molecular complexity index is 1160. The molecule has 0 aliphatic rings. The van der Waals surface area contributed by atoms with Crippen LogP contribution in [-0.2, 0) is 23.9 Å². The molecule has 3 aromatic rings. The third-order valence-electron chi connectivity index (χ3n) is 5.66. The first-order valence-electron chi connectivity index (χ1n) is 12.0. The maximum atomic E-state index is 13.0. The van der Waals surface area contributed by atoms with Crippen molar-refractivity contribution >= 4 is 17.5 Å². The number of carboxylic acid groups (broad SMARTS) is 1. The van der Waals surface area contributed by atoms with Gasteiger partial charge in [0.2, 0.25) is 0 Å². The number of carboxylic acids is 1. The predicted molar refractivity (Wildman–Crippen MR) is 138 cm³/mol. The topological polar surface area (TPSA) is 74.7 Å². The van der Waals surface area contributed by atoms with Gasteiger partial charge in [-0.25, -0.2) is 9.78 Å². The van der Waals surface area contributed by atoms with Gasteiger partial charge in [-0.1, -0.05) is 24.3 Å². The summed E-state index contributed by atoms with van der Waals surface area (Å²) in [6.45, 7) is 7.98. The summed E-state index contributed by atoms with van der Waals surface area (Å²) in [5, 5.41) is 12.5. The minimum Gasteiger partial charge on any atom is -0.478 e. The van der Waals surface area contributed by atoms with Gasteiger partial charge in [0.1, 0.15) is 11.6 Å². The predicted octanol–water partition coefficient (Wildman–Crippen LogP) is 6.41. The number of nitrogens with one attached hydrogen (secondary N) is 1. The number of benzene rings is 2. The molecule has 6 nitrogen and oxygen atoms in total. The Morgan fingerprint density at radius 2 is 1.62 bits per heavy atom. The van der Waals surface area contributed by atoms with Crippen LogP contribution in [0.2, 0.25) is 0 Å². The van der Waals surface area contributed by atoms with Gasteiger partial charge in [0.15, 0.2) is 5.60 Å². The summed E-state index contributed by atoms with van der Waals surface area (Å²) < 4.78 is 44.5. The number of hydrogen-bond donors (Lipinski definition) is 2. The Morgan fingerprint density at radius 3 is 2.14 bits per heavy atom. The standard InChI is InChI=1S/C28H32F3N3O3/c1-19(2)33-23-11-14-25(32-17-23)34(18-21-5-9-22(10-6-21)28(29,30)31)16-15-20-7-12-24(13-8-20)37-27(3,4)26(35)36/h5-14,17,19,33H,15-16,18H2,1-4H3,(H,35,36). The van der Waals surface area contributed by atoms with Crippen molar-refractivity contribution in [1.29, 1.82) is 0 Å². The summed E-state index contributed by atoms with van der Waals surface area (Å²) in [6, 6.07) is 16.4. The molecule has 0 fully saturated rings. The van der Waals surface area contributed by atoms with E-state index in [1.54, 1.807) is 18.3 Å². The molecule has 1 heterocycles. The number of ether oxygens (including phenoxy) is 1. The van der Waals surface area contributed by atoms with Crippen LogP contribution in [0.25, 0.3) is 0 Å². The lowest BCUT2D eigenvalue weighted by Gasteiger charge is -2.25. The minimum absolute atomic E-state index is 0.254. The van der Waals surface area contributed by atoms with Crippen LogP contribution in [0.4, 0.5) is 24.7 Å². The first-order chi connectivity index (χ1) is 17.3. The highest BCUT2D eigenvalue weighted by molar-refractivity contribution is 5.76. The molecule has 3 rings (SSSR count). The highest BCUT2D eigenvalue weighted by atomic mass is 19.4. The van der Waals surface area contributed by atoms with Crippen LogP contribution in [0.15, 0.2) is 66.9 Å². The van der Waals surface area contributed by atoms with Gasteiger partial charge in [0.05, 0.1) is 17.4 Å². The summed E-state index contributed by atoms with van der Waals surface area (Å²) in [5.41, 5.74) is 0.587. The molecule has 0 saturated carbocycles. The Balaban J connectivity index is 1.75. The maximum absolute atomic E-state index is 13.0. The van der Waals surface area contributed by atoms with E-state index in [-0.39, 0.29) is 6.04 Å². The van der Waals surface area contributed by atoms with E-state index in [0.717, 1.165) is 28.9 Å². The maximum Gasteiger partial charge on any atom is 0.416 e. The number of hydrogen-bond acceptors (Lipinski definition) is 5. The number of halogens is 3. The van der Waals surface area contributed by atoms with E-state index in [0.29, 0.717) is 31.1 Å². The zero-order chi connectivity index (χ0) is 27.2. The van der Waals surface area contributed by atoms with Crippen LogP contribution in [0.5, 0.6) is 5.75 Å². The van der Waals surface area contributed by atoms with Gasteiger partial charge in [-0.05, 0) is 81.6 Å². The van der Waals surface area contributed by atoms with Crippen molar-refractivity contribution in [3.63, 3.8) is 0 Å². The fraction of sp³-hybridized carbons (Fsp3) is 0.357. The summed E-state index contributed by atoms with van der Waals surface area (Å²) >= 11 is 0. The van der Waals surface area contributed by atoms with E-state index in [9.17, 15) is 23.1 Å². The van der Waals surface area contributed by atoms with E-state index >= 15 is 0 Å². The molecule has 9 heteroatoms. The second kappa shape index (κ2) is 11.5. The van der Waals surface area contributed by atoms with Crippen LogP contribution in [0, 0.1) is 0 Å². The van der Waals surface area contributed by atoms with Crippen molar-refractivity contribution < 1.29 is 27.8 Å². The lowest BCUT2D eigenvalue weighted by molar-refractivity contribution is -0.152. The van der Waals surface area contributed by atoms with Gasteiger partial charge >= 0.3 is 12.1 Å². The van der Waals surface area contributed by atoms with Crippen molar-refractivity contribution in [3.8, 4) is 5.75 Å². The molecular formula is C28H32F3N3O3. The summed E-state index contributed by atoms with van der Waals surface area (Å²) in [5.74, 6) is 0.0997. The highest BCUT2D eigenvalue weighted by Crippen LogP contribution is 2.29. The van der Waals surface area contributed by atoms with Crippen LogP contribution >= 0.6 is 0 Å². The molecule has 0 saturated heterocycles. The molecule has 0 unspecified atom stereocenters. The zero-order valence-electron chi connectivity index (χ0n) is 21.3. The quantitative estimate of drug-likeness (QED) is 0.307. The van der Waals surface area contributed by atoms with Gasteiger partial charge < -0.3 is 20.1 Å². The molecule has 0 amide bonds. The number of anilines is 2. The normalized spacial score (nSPS) is 11.9. The average molecular weight is 516 g/mol. The minimum atomic E-state index is -4.38. The van der Waals surface area contributed by atoms with Gasteiger partial charge in [-0.15, -0.1) is 0 Å². The smallest absolute Gasteiger partial charge is 0.416 e. The fourth-order valence-corrected chi connectivity index (χ4v) is 3.61. The van der Waals surface area contributed by atoms with E-state index < -0.39 is 23.3 Å². The molecular weight excluding hydrogens is 483 g/mol. The number of pyridine rings is 1. The Hall–Kier alpha value is -3.75. The van der Waals surface area contributed by atoms with Gasteiger partial charge in [0.25, 0.3) is 0 Å². The number of nitrogens with zero attached hydrogens (tertiary/aromatic N) is 2. The summed E-state index contributed by atoms with van der Waals surface area (Å²) in [6.07, 6.45) is -2.00. The molecule has 0 spiro atoms. The molecule has 2 aromatic carbocycles. The van der Waals surface area contributed by atoms with Crippen molar-refractivity contribution in [1.82, 2.24) is 4.98 Å². The first-order valence-corrected chi connectivity index (χ1v) is 12.0. The number of carbonyl (C=O) groups is 1. The third-order valence-corrected chi connectivity index (χ3v) is 5.66. The molecule has 1 aromatic heterocycles. The largest absolute Gasteiger partial charge is 0.478 e. The van der Waals surface area contributed by atoms with Crippen molar-refractivity contribution in [2.45, 2.75) is 58.5 Å². The van der Waals surface area contributed by atoms with Crippen LogP contribution in [0.1, 0.15) is 44.4 Å². The second-order valence-corrected chi connectivity index (χ2v) is 9.63. The second-order valence-electron chi connectivity index (χ2n) is 9.63.